The Kier molecular flexibility index (Phi) is 5.22. The third kappa shape index (κ3) is 3.88. The molecule has 7 heteroatoms. The maximum absolute atomic E-state index is 13.0. The van der Waals surface area contributed by atoms with E-state index in [9.17, 15) is 13.2 Å². The number of rotatable bonds is 4. The number of aryl methyl sites for hydroxylation is 1. The monoisotopic (exact) mass is 427 g/mol. The number of aliphatic imine (C=N–C) groups is 1. The number of hydrogen-bond donors (Lipinski definition) is 1. The van der Waals surface area contributed by atoms with Gasteiger partial charge in [0.2, 0.25) is 10.0 Å². The number of sulfonamides is 1. The molecule has 0 aliphatic carbocycles. The van der Waals surface area contributed by atoms with Gasteiger partial charge in [-0.15, -0.1) is 0 Å². The van der Waals surface area contributed by atoms with Gasteiger partial charge < -0.3 is 5.32 Å². The number of amidine groups is 1. The van der Waals surface area contributed by atoms with Crippen molar-refractivity contribution in [1.29, 1.82) is 0 Å². The van der Waals surface area contributed by atoms with E-state index in [1.165, 1.54) is 4.31 Å². The maximum atomic E-state index is 13.0. The molecule has 0 aromatic heterocycles. The van der Waals surface area contributed by atoms with Crippen LogP contribution >= 0.6 is 0 Å². The molecular weight excluding hydrogens is 398 g/mol. The number of piperidine rings is 1. The number of hydrogen-bond acceptors (Lipinski definition) is 4. The van der Waals surface area contributed by atoms with Crippen molar-refractivity contribution in [2.45, 2.75) is 45.6 Å². The smallest absolute Gasteiger partial charge is 0.253 e. The molecular formula is C23H29N3O3S. The molecule has 2 aliphatic rings. The molecule has 2 aliphatic heterocycles. The first-order chi connectivity index (χ1) is 14.1. The number of carbonyl (C=O) groups is 1. The SMILES string of the molecule is CC(C)(C)C1=NC2(CCN(S(=O)(=O)CCc3cccc4ccccc34)CC2)C(=O)N1. The van der Waals surface area contributed by atoms with E-state index in [0.29, 0.717) is 38.2 Å². The van der Waals surface area contributed by atoms with Crippen molar-refractivity contribution in [3.05, 3.63) is 48.0 Å². The van der Waals surface area contributed by atoms with Gasteiger partial charge in [0, 0.05) is 18.5 Å². The Hall–Kier alpha value is -2.25. The molecule has 30 heavy (non-hydrogen) atoms. The molecule has 2 aromatic rings. The van der Waals surface area contributed by atoms with E-state index >= 15 is 0 Å². The molecule has 1 saturated heterocycles. The van der Waals surface area contributed by atoms with Crippen molar-refractivity contribution >= 4 is 32.5 Å². The van der Waals surface area contributed by atoms with E-state index in [-0.39, 0.29) is 17.1 Å². The molecule has 1 N–H and O–H groups in total. The van der Waals surface area contributed by atoms with Crippen LogP contribution in [0, 0.1) is 5.41 Å². The van der Waals surface area contributed by atoms with Gasteiger partial charge in [-0.25, -0.2) is 12.7 Å². The molecule has 1 spiro atoms. The summed E-state index contributed by atoms with van der Waals surface area (Å²) < 4.78 is 27.5. The first kappa shape index (κ1) is 21.0. The number of carbonyl (C=O) groups excluding carboxylic acids is 1. The van der Waals surface area contributed by atoms with Gasteiger partial charge in [0.15, 0.2) is 0 Å². The number of amides is 1. The Morgan fingerprint density at radius 2 is 1.73 bits per heavy atom. The van der Waals surface area contributed by atoms with Crippen molar-refractivity contribution in [1.82, 2.24) is 9.62 Å². The Labute approximate surface area is 178 Å². The fraction of sp³-hybridized carbons (Fsp3) is 0.478. The van der Waals surface area contributed by atoms with E-state index in [1.807, 2.05) is 63.2 Å². The number of nitrogens with zero attached hydrogens (tertiary/aromatic N) is 2. The van der Waals surface area contributed by atoms with Crippen molar-refractivity contribution < 1.29 is 13.2 Å². The normalized spacial score (nSPS) is 19.8. The van der Waals surface area contributed by atoms with Crippen LogP contribution < -0.4 is 5.32 Å². The Morgan fingerprint density at radius 3 is 2.40 bits per heavy atom. The standard InChI is InChI=1S/C23H29N3O3S/c1-22(2,3)20-24-21(27)23(25-20)12-14-26(15-13-23)30(28,29)16-11-18-9-6-8-17-7-4-5-10-19(17)18/h4-10H,11-16H2,1-3H3,(H,24,25,27). The zero-order valence-corrected chi connectivity index (χ0v) is 18.6. The minimum Gasteiger partial charge on any atom is -0.312 e. The van der Waals surface area contributed by atoms with Gasteiger partial charge in [-0.05, 0) is 35.6 Å². The van der Waals surface area contributed by atoms with Crippen LogP contribution in [-0.4, -0.2) is 48.8 Å². The number of fused-ring (bicyclic) bond motifs is 1. The molecule has 0 bridgehead atoms. The number of benzene rings is 2. The Bertz CT molecular complexity index is 1100. The van der Waals surface area contributed by atoms with E-state index < -0.39 is 15.6 Å². The minimum atomic E-state index is -3.40. The summed E-state index contributed by atoms with van der Waals surface area (Å²) in [6.07, 6.45) is 1.32. The van der Waals surface area contributed by atoms with Gasteiger partial charge in [0.25, 0.3) is 5.91 Å². The quantitative estimate of drug-likeness (QED) is 0.814. The Balaban J connectivity index is 1.44. The van der Waals surface area contributed by atoms with Crippen LogP contribution in [-0.2, 0) is 21.2 Å². The first-order valence-corrected chi connectivity index (χ1v) is 12.1. The average molecular weight is 428 g/mol. The summed E-state index contributed by atoms with van der Waals surface area (Å²) in [7, 11) is -3.40. The summed E-state index contributed by atoms with van der Waals surface area (Å²) in [6, 6.07) is 14.0. The second-order valence-electron chi connectivity index (χ2n) is 9.30. The molecule has 4 rings (SSSR count). The van der Waals surface area contributed by atoms with Gasteiger partial charge in [0.05, 0.1) is 5.75 Å². The lowest BCUT2D eigenvalue weighted by Crippen LogP contribution is -2.51. The van der Waals surface area contributed by atoms with Crippen molar-refractivity contribution in [3.8, 4) is 0 Å². The molecule has 0 saturated carbocycles. The highest BCUT2D eigenvalue weighted by Crippen LogP contribution is 2.34. The molecule has 1 fully saturated rings. The molecule has 2 aromatic carbocycles. The van der Waals surface area contributed by atoms with Crippen molar-refractivity contribution in [2.24, 2.45) is 10.4 Å². The summed E-state index contributed by atoms with van der Waals surface area (Å²) >= 11 is 0. The van der Waals surface area contributed by atoms with Gasteiger partial charge in [-0.1, -0.05) is 63.2 Å². The maximum Gasteiger partial charge on any atom is 0.253 e. The topological polar surface area (TPSA) is 78.8 Å². The van der Waals surface area contributed by atoms with Crippen LogP contribution in [0.1, 0.15) is 39.2 Å². The highest BCUT2D eigenvalue weighted by Gasteiger charge is 2.48. The van der Waals surface area contributed by atoms with E-state index in [1.54, 1.807) is 0 Å². The lowest BCUT2D eigenvalue weighted by molar-refractivity contribution is -0.125. The van der Waals surface area contributed by atoms with Crippen LogP contribution in [0.3, 0.4) is 0 Å². The van der Waals surface area contributed by atoms with Crippen LogP contribution in [0.15, 0.2) is 47.5 Å². The van der Waals surface area contributed by atoms with E-state index in [4.69, 9.17) is 4.99 Å². The van der Waals surface area contributed by atoms with Crippen molar-refractivity contribution in [3.63, 3.8) is 0 Å². The molecule has 1 amide bonds. The molecule has 160 valence electrons. The predicted octanol–water partition coefficient (Wildman–Crippen LogP) is 3.12. The average Bonchev–Trinajstić information content (AvgIpc) is 3.03. The summed E-state index contributed by atoms with van der Waals surface area (Å²) in [4.78, 5) is 17.3. The van der Waals surface area contributed by atoms with Crippen LogP contribution in [0.4, 0.5) is 0 Å². The van der Waals surface area contributed by atoms with Crippen molar-refractivity contribution in [2.75, 3.05) is 18.8 Å². The summed E-state index contributed by atoms with van der Waals surface area (Å²) in [6.45, 7) is 6.69. The highest BCUT2D eigenvalue weighted by molar-refractivity contribution is 7.89. The highest BCUT2D eigenvalue weighted by atomic mass is 32.2. The largest absolute Gasteiger partial charge is 0.312 e. The lowest BCUT2D eigenvalue weighted by Gasteiger charge is -2.34. The first-order valence-electron chi connectivity index (χ1n) is 10.5. The fourth-order valence-electron chi connectivity index (χ4n) is 4.22. The number of nitrogens with one attached hydrogen (secondary N) is 1. The molecule has 6 nitrogen and oxygen atoms in total. The zero-order chi connectivity index (χ0) is 21.6. The van der Waals surface area contributed by atoms with Gasteiger partial charge in [0.1, 0.15) is 11.4 Å². The third-order valence-electron chi connectivity index (χ3n) is 6.14. The van der Waals surface area contributed by atoms with E-state index in [2.05, 4.69) is 5.32 Å². The zero-order valence-electron chi connectivity index (χ0n) is 17.8. The fourth-order valence-corrected chi connectivity index (χ4v) is 5.70. The van der Waals surface area contributed by atoms with Gasteiger partial charge in [-0.3, -0.25) is 9.79 Å². The summed E-state index contributed by atoms with van der Waals surface area (Å²) in [5, 5.41) is 5.13. The minimum absolute atomic E-state index is 0.0662. The molecule has 0 unspecified atom stereocenters. The summed E-state index contributed by atoms with van der Waals surface area (Å²) in [5.74, 6) is 0.663. The van der Waals surface area contributed by atoms with Crippen LogP contribution in [0.5, 0.6) is 0 Å². The molecule has 0 atom stereocenters. The molecule has 2 heterocycles. The lowest BCUT2D eigenvalue weighted by atomic mass is 9.89. The second kappa shape index (κ2) is 7.46. The van der Waals surface area contributed by atoms with Gasteiger partial charge >= 0.3 is 0 Å². The van der Waals surface area contributed by atoms with Crippen LogP contribution in [0.2, 0.25) is 0 Å². The van der Waals surface area contributed by atoms with E-state index in [0.717, 1.165) is 16.3 Å². The molecule has 0 radical (unpaired) electrons. The van der Waals surface area contributed by atoms with Gasteiger partial charge in [-0.2, -0.15) is 0 Å². The third-order valence-corrected chi connectivity index (χ3v) is 8.02. The summed E-state index contributed by atoms with van der Waals surface area (Å²) in [5.41, 5.74) is -0.00907. The second-order valence-corrected chi connectivity index (χ2v) is 11.4. The Morgan fingerprint density at radius 1 is 1.07 bits per heavy atom. The van der Waals surface area contributed by atoms with Crippen LogP contribution in [0.25, 0.3) is 10.8 Å². The predicted molar refractivity (Wildman–Crippen MR) is 120 cm³/mol.